The molecule has 0 spiro atoms. The van der Waals surface area contributed by atoms with Crippen molar-refractivity contribution in [2.75, 3.05) is 11.5 Å². The maximum Gasteiger partial charge on any atom is 0.0418 e. The predicted molar refractivity (Wildman–Crippen MR) is 171 cm³/mol. The summed E-state index contributed by atoms with van der Waals surface area (Å²) < 4.78 is 0. The van der Waals surface area contributed by atoms with Gasteiger partial charge in [0.1, 0.15) is 0 Å². The van der Waals surface area contributed by atoms with Crippen LogP contribution in [0.4, 0.5) is 0 Å². The fourth-order valence-corrected chi connectivity index (χ4v) is 8.92. The lowest BCUT2D eigenvalue weighted by atomic mass is 9.52. The molecule has 0 N–H and O–H groups in total. The van der Waals surface area contributed by atoms with Gasteiger partial charge in [0, 0.05) is 16.4 Å². The summed E-state index contributed by atoms with van der Waals surface area (Å²) in [6.07, 6.45) is 12.2. The standard InChI is InChI=1S/C32H44S4/c33-21-7-12-30(26-8-3-1-4-9-26)32(28-10-5-2-6-11-28,29-19-15-25(23-35)16-20-29)31(36)27-17-13-24(22-34)14-18-27/h1-6,8-11,21,24-25,27,29-30,33-36H,7,12-20,22-23H2. The Balaban J connectivity index is 1.85. The summed E-state index contributed by atoms with van der Waals surface area (Å²) in [5, 5.41) is 1.45. The van der Waals surface area contributed by atoms with Crippen LogP contribution >= 0.6 is 50.5 Å². The van der Waals surface area contributed by atoms with E-state index >= 15 is 0 Å². The topological polar surface area (TPSA) is 0 Å². The van der Waals surface area contributed by atoms with Crippen molar-refractivity contribution >= 4 is 50.5 Å². The molecule has 2 atom stereocenters. The molecule has 2 unspecified atom stereocenters. The monoisotopic (exact) mass is 556 g/mol. The van der Waals surface area contributed by atoms with E-state index in [-0.39, 0.29) is 5.41 Å². The maximum atomic E-state index is 5.64. The molecular weight excluding hydrogens is 513 g/mol. The molecule has 36 heavy (non-hydrogen) atoms. The highest BCUT2D eigenvalue weighted by molar-refractivity contribution is 7.83. The normalized spacial score (nSPS) is 27.5. The summed E-state index contributed by atoms with van der Waals surface area (Å²) in [6.45, 7) is 0. The highest BCUT2D eigenvalue weighted by Gasteiger charge is 2.54. The smallest absolute Gasteiger partial charge is 0.0418 e. The SMILES string of the molecule is S[CH]CCC(c1ccccc1)C([C](S)C1CCC(CS)CC1)(c1ccccc1)C1CCC(CS)CC1. The third-order valence-electron chi connectivity index (χ3n) is 9.25. The zero-order valence-corrected chi connectivity index (χ0v) is 25.1. The van der Waals surface area contributed by atoms with Gasteiger partial charge in [-0.2, -0.15) is 50.5 Å². The first-order valence-electron chi connectivity index (χ1n) is 14.0. The van der Waals surface area contributed by atoms with E-state index in [0.29, 0.717) is 17.8 Å². The molecule has 4 rings (SSSR count). The van der Waals surface area contributed by atoms with Crippen molar-refractivity contribution in [3.8, 4) is 0 Å². The lowest BCUT2D eigenvalue weighted by molar-refractivity contribution is 0.140. The van der Waals surface area contributed by atoms with Gasteiger partial charge in [-0.3, -0.25) is 0 Å². The number of hydrogen-bond acceptors (Lipinski definition) is 4. The second kappa shape index (κ2) is 14.3. The molecule has 4 heteroatoms. The Kier molecular flexibility index (Phi) is 11.4. The second-order valence-corrected chi connectivity index (χ2v) is 12.7. The Morgan fingerprint density at radius 3 is 1.83 bits per heavy atom. The van der Waals surface area contributed by atoms with Gasteiger partial charge in [0.2, 0.25) is 0 Å². The number of hydrogen-bond donors (Lipinski definition) is 4. The van der Waals surface area contributed by atoms with E-state index in [1.807, 2.05) is 0 Å². The van der Waals surface area contributed by atoms with Crippen LogP contribution in [0.2, 0.25) is 0 Å². The quantitative estimate of drug-likeness (QED) is 0.195. The van der Waals surface area contributed by atoms with Gasteiger partial charge in [0.05, 0.1) is 0 Å². The molecule has 2 fully saturated rings. The third kappa shape index (κ3) is 6.35. The van der Waals surface area contributed by atoms with Crippen molar-refractivity contribution in [3.05, 3.63) is 82.8 Å². The van der Waals surface area contributed by atoms with Crippen LogP contribution in [-0.2, 0) is 5.41 Å². The van der Waals surface area contributed by atoms with Crippen molar-refractivity contribution in [2.24, 2.45) is 23.7 Å². The minimum atomic E-state index is -0.0947. The van der Waals surface area contributed by atoms with Gasteiger partial charge in [-0.25, -0.2) is 0 Å². The Hall–Kier alpha value is -0.160. The zero-order valence-electron chi connectivity index (χ0n) is 21.5. The Morgan fingerprint density at radius 1 is 0.778 bits per heavy atom. The van der Waals surface area contributed by atoms with Gasteiger partial charge in [-0.05, 0) is 116 Å². The molecule has 2 aromatic rings. The molecule has 2 radical (unpaired) electrons. The van der Waals surface area contributed by atoms with Crippen LogP contribution in [0.3, 0.4) is 0 Å². The summed E-state index contributed by atoms with van der Waals surface area (Å²) in [5.41, 5.74) is 2.82. The number of thiol groups is 4. The molecule has 0 heterocycles. The predicted octanol–water partition coefficient (Wildman–Crippen LogP) is 9.51. The van der Waals surface area contributed by atoms with Crippen LogP contribution in [0.15, 0.2) is 60.7 Å². The van der Waals surface area contributed by atoms with E-state index in [4.69, 9.17) is 12.6 Å². The van der Waals surface area contributed by atoms with Crippen LogP contribution in [0, 0.1) is 34.7 Å². The zero-order chi connectivity index (χ0) is 25.4. The minimum absolute atomic E-state index is 0.0947. The molecule has 196 valence electrons. The molecule has 2 saturated carbocycles. The van der Waals surface area contributed by atoms with Crippen molar-refractivity contribution in [2.45, 2.75) is 75.5 Å². The van der Waals surface area contributed by atoms with Crippen molar-refractivity contribution in [3.63, 3.8) is 0 Å². The number of benzene rings is 2. The molecule has 0 amide bonds. The number of rotatable bonds is 11. The van der Waals surface area contributed by atoms with Crippen LogP contribution in [0.5, 0.6) is 0 Å². The van der Waals surface area contributed by atoms with Gasteiger partial charge in [0.15, 0.2) is 0 Å². The fourth-order valence-electron chi connectivity index (χ4n) is 7.31. The van der Waals surface area contributed by atoms with E-state index in [1.165, 1.54) is 67.7 Å². The third-order valence-corrected chi connectivity index (χ3v) is 11.3. The van der Waals surface area contributed by atoms with E-state index in [2.05, 4.69) is 104 Å². The second-order valence-electron chi connectivity index (χ2n) is 11.1. The minimum Gasteiger partial charge on any atom is -0.179 e. The Labute approximate surface area is 242 Å². The fraction of sp³-hybridized carbons (Fsp3) is 0.562. The first-order chi connectivity index (χ1) is 17.6. The average Bonchev–Trinajstić information content (AvgIpc) is 2.96. The lowest BCUT2D eigenvalue weighted by Crippen LogP contribution is -2.49. The molecule has 2 aliphatic carbocycles. The molecule has 2 aliphatic rings. The van der Waals surface area contributed by atoms with Gasteiger partial charge < -0.3 is 0 Å². The molecule has 0 bridgehead atoms. The van der Waals surface area contributed by atoms with E-state index in [1.54, 1.807) is 0 Å². The maximum absolute atomic E-state index is 5.64. The van der Waals surface area contributed by atoms with Crippen molar-refractivity contribution < 1.29 is 0 Å². The molecule has 0 aliphatic heterocycles. The summed E-state index contributed by atoms with van der Waals surface area (Å²) in [4.78, 5) is 0. The molecule has 0 saturated heterocycles. The first-order valence-corrected chi connectivity index (χ1v) is 16.2. The van der Waals surface area contributed by atoms with E-state index in [0.717, 1.165) is 36.2 Å². The van der Waals surface area contributed by atoms with Crippen LogP contribution in [0.25, 0.3) is 0 Å². The highest BCUT2D eigenvalue weighted by atomic mass is 32.1. The van der Waals surface area contributed by atoms with Crippen LogP contribution < -0.4 is 0 Å². The van der Waals surface area contributed by atoms with Crippen molar-refractivity contribution in [1.82, 2.24) is 0 Å². The summed E-state index contributed by atoms with van der Waals surface area (Å²) in [5.74, 6) is 7.08. The van der Waals surface area contributed by atoms with Gasteiger partial charge >= 0.3 is 0 Å². The Morgan fingerprint density at radius 2 is 1.31 bits per heavy atom. The summed E-state index contributed by atoms with van der Waals surface area (Å²) in [6, 6.07) is 22.8. The average molecular weight is 557 g/mol. The van der Waals surface area contributed by atoms with Gasteiger partial charge in [-0.1, -0.05) is 60.7 Å². The molecule has 2 aromatic carbocycles. The molecule has 0 nitrogen and oxygen atoms in total. The summed E-state index contributed by atoms with van der Waals surface area (Å²) >= 11 is 19.5. The van der Waals surface area contributed by atoms with Crippen LogP contribution in [0.1, 0.15) is 81.3 Å². The Bertz CT molecular complexity index is 872. The van der Waals surface area contributed by atoms with Gasteiger partial charge in [0.25, 0.3) is 0 Å². The van der Waals surface area contributed by atoms with Gasteiger partial charge in [-0.15, -0.1) is 0 Å². The molecular formula is C32H44S4. The van der Waals surface area contributed by atoms with E-state index in [9.17, 15) is 0 Å². The largest absolute Gasteiger partial charge is 0.179 e. The summed E-state index contributed by atoms with van der Waals surface area (Å²) in [7, 11) is 0. The van der Waals surface area contributed by atoms with Crippen molar-refractivity contribution in [1.29, 1.82) is 0 Å². The lowest BCUT2D eigenvalue weighted by Gasteiger charge is -2.55. The van der Waals surface area contributed by atoms with E-state index < -0.39 is 0 Å². The first kappa shape index (κ1) is 28.8. The van der Waals surface area contributed by atoms with Crippen LogP contribution in [-0.4, -0.2) is 11.5 Å². The highest BCUT2D eigenvalue weighted by Crippen LogP contribution is 2.61. The molecule has 0 aromatic heterocycles.